The summed E-state index contributed by atoms with van der Waals surface area (Å²) in [7, 11) is -4.21. The number of amides is 3. The molecule has 3 aromatic rings. The molecule has 2 N–H and O–H groups in total. The van der Waals surface area contributed by atoms with Gasteiger partial charge in [-0.1, -0.05) is 35.9 Å². The van der Waals surface area contributed by atoms with Crippen LogP contribution in [0.25, 0.3) is 0 Å². The first-order chi connectivity index (χ1) is 19.6. The predicted molar refractivity (Wildman–Crippen MR) is 156 cm³/mol. The van der Waals surface area contributed by atoms with E-state index >= 15 is 0 Å². The van der Waals surface area contributed by atoms with Crippen LogP contribution in [0.15, 0.2) is 66.7 Å². The third-order valence-corrected chi connectivity index (χ3v) is 8.49. The topological polar surface area (TPSA) is 118 Å². The van der Waals surface area contributed by atoms with Gasteiger partial charge in [0.1, 0.15) is 6.54 Å². The van der Waals surface area contributed by atoms with Gasteiger partial charge in [0.05, 0.1) is 12.7 Å². The minimum Gasteiger partial charge on any atom is -0.339 e. The Morgan fingerprint density at radius 2 is 1.39 bits per heavy atom. The van der Waals surface area contributed by atoms with Gasteiger partial charge in [-0.15, -0.1) is 0 Å². The maximum atomic E-state index is 13.7. The molecule has 1 fully saturated rings. The third kappa shape index (κ3) is 7.05. The smallest absolute Gasteiger partial charge is 0.325 e. The summed E-state index contributed by atoms with van der Waals surface area (Å²) in [6.45, 7) is 1.75. The molecule has 0 atom stereocenters. The molecule has 0 radical (unpaired) electrons. The molecule has 5 rings (SSSR count). The Morgan fingerprint density at radius 1 is 0.805 bits per heavy atom. The zero-order valence-electron chi connectivity index (χ0n) is 22.4. The third-order valence-electron chi connectivity index (χ3n) is 7.43. The van der Waals surface area contributed by atoms with Gasteiger partial charge < -0.3 is 24.5 Å². The highest BCUT2D eigenvalue weighted by atomic mass is 35.5. The fourth-order valence-electron chi connectivity index (χ4n) is 5.20. The van der Waals surface area contributed by atoms with Crippen LogP contribution in [0.3, 0.4) is 0 Å². The molecule has 214 valence electrons. The number of anilines is 1. The van der Waals surface area contributed by atoms with E-state index in [-0.39, 0.29) is 49.9 Å². The van der Waals surface area contributed by atoms with Crippen LogP contribution in [0, 0.1) is 0 Å². The lowest BCUT2D eigenvalue weighted by Gasteiger charge is -2.24. The second-order valence-corrected chi connectivity index (χ2v) is 12.7. The largest absolute Gasteiger partial charge is 0.339 e. The first-order valence-electron chi connectivity index (χ1n) is 13.5. The average molecular weight is 596 g/mol. The van der Waals surface area contributed by atoms with Gasteiger partial charge in [-0.05, 0) is 78.4 Å². The number of halogens is 1. The Hall–Kier alpha value is -3.49. The van der Waals surface area contributed by atoms with Crippen molar-refractivity contribution in [3.8, 4) is 0 Å². The van der Waals surface area contributed by atoms with Gasteiger partial charge in [-0.2, -0.15) is 0 Å². The maximum Gasteiger partial charge on any atom is 0.325 e. The average Bonchev–Trinajstić information content (AvgIpc) is 3.45. The molecule has 3 aromatic carbocycles. The molecular formula is C30H31ClN3O6P. The van der Waals surface area contributed by atoms with Crippen LogP contribution in [0.2, 0.25) is 5.02 Å². The van der Waals surface area contributed by atoms with E-state index < -0.39 is 7.60 Å². The van der Waals surface area contributed by atoms with Crippen molar-refractivity contribution in [3.05, 3.63) is 99.6 Å². The molecule has 2 heterocycles. The number of hydrogen-bond donors (Lipinski definition) is 2. The Bertz CT molecular complexity index is 1500. The second-order valence-electron chi connectivity index (χ2n) is 10.4. The summed E-state index contributed by atoms with van der Waals surface area (Å²) in [6, 6.07) is 19.0. The van der Waals surface area contributed by atoms with Gasteiger partial charge >= 0.3 is 7.60 Å². The molecular weight excluding hydrogens is 565 g/mol. The van der Waals surface area contributed by atoms with E-state index in [4.69, 9.17) is 11.6 Å². The summed E-state index contributed by atoms with van der Waals surface area (Å²) in [5.41, 5.74) is 3.81. The maximum absolute atomic E-state index is 13.7. The highest BCUT2D eigenvalue weighted by Crippen LogP contribution is 2.36. The van der Waals surface area contributed by atoms with Crippen LogP contribution in [-0.2, 0) is 28.9 Å². The summed E-state index contributed by atoms with van der Waals surface area (Å²) in [4.78, 5) is 63.5. The summed E-state index contributed by atoms with van der Waals surface area (Å²) < 4.78 is 11.5. The van der Waals surface area contributed by atoms with Gasteiger partial charge in [0, 0.05) is 41.5 Å². The van der Waals surface area contributed by atoms with Crippen LogP contribution < -0.4 is 4.90 Å². The summed E-state index contributed by atoms with van der Waals surface area (Å²) in [5, 5.41) is 0.501. The number of carbonyl (C=O) groups excluding carboxylic acids is 3. The zero-order chi connectivity index (χ0) is 29.1. The lowest BCUT2D eigenvalue weighted by atomic mass is 10.0. The van der Waals surface area contributed by atoms with Crippen LogP contribution in [0.5, 0.6) is 0 Å². The van der Waals surface area contributed by atoms with Crippen LogP contribution >= 0.6 is 19.2 Å². The number of fused-ring (bicyclic) bond motifs is 1. The van der Waals surface area contributed by atoms with Crippen molar-refractivity contribution >= 4 is 42.6 Å². The zero-order valence-corrected chi connectivity index (χ0v) is 24.1. The van der Waals surface area contributed by atoms with Crippen molar-refractivity contribution in [2.45, 2.75) is 32.4 Å². The molecule has 11 heteroatoms. The van der Waals surface area contributed by atoms with Gasteiger partial charge in [-0.25, -0.2) is 0 Å². The van der Waals surface area contributed by atoms with E-state index in [2.05, 4.69) is 0 Å². The second kappa shape index (κ2) is 12.2. The van der Waals surface area contributed by atoms with E-state index in [1.807, 2.05) is 17.0 Å². The molecule has 41 heavy (non-hydrogen) atoms. The SMILES string of the molecule is O=C(c1ccc(CN2C(=O)CN(C(=O)c3ccc(Cl)cc3)Cc3ccc(CCP(=O)(O)O)cc32)cc1)N1CCCC1. The fraction of sp³-hybridized carbons (Fsp3) is 0.300. The minimum atomic E-state index is -4.21. The van der Waals surface area contributed by atoms with Crippen molar-refractivity contribution in [1.29, 1.82) is 0 Å². The van der Waals surface area contributed by atoms with E-state index in [0.717, 1.165) is 37.1 Å². The molecule has 0 saturated carbocycles. The van der Waals surface area contributed by atoms with E-state index in [9.17, 15) is 28.7 Å². The summed E-state index contributed by atoms with van der Waals surface area (Å²) in [6.07, 6.45) is 1.84. The monoisotopic (exact) mass is 595 g/mol. The van der Waals surface area contributed by atoms with Crippen LogP contribution in [-0.4, -0.2) is 63.1 Å². The first-order valence-corrected chi connectivity index (χ1v) is 15.6. The Labute approximate surface area is 243 Å². The van der Waals surface area contributed by atoms with Gasteiger partial charge in [0.25, 0.3) is 11.8 Å². The van der Waals surface area contributed by atoms with E-state index in [1.54, 1.807) is 59.5 Å². The molecule has 0 spiro atoms. The van der Waals surface area contributed by atoms with Crippen molar-refractivity contribution in [2.75, 3.05) is 30.7 Å². The minimum absolute atomic E-state index is 0.00343. The van der Waals surface area contributed by atoms with Crippen molar-refractivity contribution < 1.29 is 28.7 Å². The van der Waals surface area contributed by atoms with Gasteiger partial charge in [0.2, 0.25) is 5.91 Å². The number of rotatable bonds is 7. The number of nitrogens with zero attached hydrogens (tertiary/aromatic N) is 3. The van der Waals surface area contributed by atoms with Crippen LogP contribution in [0.4, 0.5) is 5.69 Å². The molecule has 2 aliphatic heterocycles. The molecule has 1 saturated heterocycles. The quantitative estimate of drug-likeness (QED) is 0.389. The summed E-state index contributed by atoms with van der Waals surface area (Å²) in [5.74, 6) is -0.607. The standard InChI is InChI=1S/C30H31ClN3O6P/c31-26-11-9-24(10-12-26)30(37)33-19-25-8-3-21(13-16-41(38,39)40)17-27(25)34(28(35)20-33)18-22-4-6-23(7-5-22)29(36)32-14-1-2-15-32/h3-12,17H,1-2,13-16,18-20H2,(H2,38,39,40). The first kappa shape index (κ1) is 29.0. The van der Waals surface area contributed by atoms with Crippen LogP contribution in [0.1, 0.15) is 50.2 Å². The molecule has 0 bridgehead atoms. The van der Waals surface area contributed by atoms with E-state index in [0.29, 0.717) is 27.4 Å². The molecule has 2 aliphatic rings. The number of likely N-dealkylation sites (tertiary alicyclic amines) is 1. The fourth-order valence-corrected chi connectivity index (χ4v) is 5.87. The highest BCUT2D eigenvalue weighted by Gasteiger charge is 2.30. The number of aryl methyl sites for hydroxylation is 1. The predicted octanol–water partition coefficient (Wildman–Crippen LogP) is 4.49. The van der Waals surface area contributed by atoms with Crippen molar-refractivity contribution in [1.82, 2.24) is 9.80 Å². The molecule has 0 aromatic heterocycles. The van der Waals surface area contributed by atoms with Crippen molar-refractivity contribution in [3.63, 3.8) is 0 Å². The Morgan fingerprint density at radius 3 is 2.02 bits per heavy atom. The van der Waals surface area contributed by atoms with Gasteiger partial charge in [0.15, 0.2) is 0 Å². The highest BCUT2D eigenvalue weighted by molar-refractivity contribution is 7.51. The Balaban J connectivity index is 1.43. The lowest BCUT2D eigenvalue weighted by Crippen LogP contribution is -2.39. The summed E-state index contributed by atoms with van der Waals surface area (Å²) >= 11 is 5.99. The number of carbonyl (C=O) groups is 3. The van der Waals surface area contributed by atoms with E-state index in [1.165, 1.54) is 4.90 Å². The normalized spacial score (nSPS) is 15.6. The lowest BCUT2D eigenvalue weighted by molar-refractivity contribution is -0.119. The number of hydrogen-bond acceptors (Lipinski definition) is 4. The molecule has 0 aliphatic carbocycles. The molecule has 3 amide bonds. The number of benzene rings is 3. The molecule has 0 unspecified atom stereocenters. The Kier molecular flexibility index (Phi) is 8.61. The van der Waals surface area contributed by atoms with Crippen molar-refractivity contribution in [2.24, 2.45) is 0 Å². The van der Waals surface area contributed by atoms with Gasteiger partial charge in [-0.3, -0.25) is 18.9 Å². The molecule has 9 nitrogen and oxygen atoms in total.